The lowest BCUT2D eigenvalue weighted by Gasteiger charge is -2.23. The molecule has 0 atom stereocenters. The minimum atomic E-state index is 0.257. The van der Waals surface area contributed by atoms with Crippen molar-refractivity contribution in [3.8, 4) is 0 Å². The van der Waals surface area contributed by atoms with E-state index in [1.165, 1.54) is 0 Å². The lowest BCUT2D eigenvalue weighted by atomic mass is 10.6. The zero-order valence-electron chi connectivity index (χ0n) is 4.95. The molecule has 0 aromatic heterocycles. The molecule has 0 fully saturated rings. The normalized spacial score (nSPS) is 11.0. The fraction of sp³-hybridized carbons (Fsp3) is 0.800. The van der Waals surface area contributed by atoms with Gasteiger partial charge in [0.2, 0.25) is 0 Å². The van der Waals surface area contributed by atoms with E-state index in [1.54, 1.807) is 5.66 Å². The first kappa shape index (κ1) is 6.43. The molecule has 0 spiro atoms. The van der Waals surface area contributed by atoms with Gasteiger partial charge in [-0.1, -0.05) is 13.3 Å². The molecular weight excluding hydrogens is 91.0 g/mol. The third-order valence-corrected chi connectivity index (χ3v) is 2.68. The second kappa shape index (κ2) is 2.58. The highest BCUT2D eigenvalue weighted by Crippen LogP contribution is 2.37. The van der Waals surface area contributed by atoms with Crippen LogP contribution in [0, 0.1) is 5.66 Å². The smallest absolute Gasteiger partial charge is 0.0727 e. The van der Waals surface area contributed by atoms with Gasteiger partial charge in [-0.15, -0.1) is 0 Å². The Labute approximate surface area is 41.7 Å². The van der Waals surface area contributed by atoms with Crippen LogP contribution in [0.4, 0.5) is 0 Å². The predicted molar refractivity (Wildman–Crippen MR) is 33.4 cm³/mol. The zero-order chi connectivity index (χ0) is 5.15. The third kappa shape index (κ3) is 2.66. The molecule has 0 rings (SSSR count). The van der Waals surface area contributed by atoms with Crippen molar-refractivity contribution in [2.75, 3.05) is 13.3 Å². The molecule has 0 saturated carbocycles. The van der Waals surface area contributed by atoms with Crippen LogP contribution in [-0.4, -0.2) is 13.3 Å². The summed E-state index contributed by atoms with van der Waals surface area (Å²) >= 11 is 0. The van der Waals surface area contributed by atoms with Crippen molar-refractivity contribution < 1.29 is 0 Å². The maximum absolute atomic E-state index is 2.27. The number of rotatable bonds is 1. The van der Waals surface area contributed by atoms with Crippen LogP contribution in [0.1, 0.15) is 13.8 Å². The minimum absolute atomic E-state index is 0.257. The van der Waals surface area contributed by atoms with Crippen LogP contribution in [0.25, 0.3) is 0 Å². The van der Waals surface area contributed by atoms with E-state index in [0.717, 1.165) is 0 Å². The fourth-order valence-corrected chi connectivity index (χ4v) is 0. The molecule has 38 valence electrons. The summed E-state index contributed by atoms with van der Waals surface area (Å²) in [7, 11) is 0.257. The predicted octanol–water partition coefficient (Wildman–Crippen LogP) is 2.30. The summed E-state index contributed by atoms with van der Waals surface area (Å²) in [5.41, 5.74) is 1.57. The first-order valence-electron chi connectivity index (χ1n) is 2.12. The van der Waals surface area contributed by atoms with Gasteiger partial charge in [0.05, 0.1) is 0 Å². The quantitative estimate of drug-likeness (QED) is 0.353. The number of hydrogen-bond acceptors (Lipinski definition) is 0. The van der Waals surface area contributed by atoms with Crippen molar-refractivity contribution in [2.24, 2.45) is 0 Å². The molecule has 6 heavy (non-hydrogen) atoms. The average Bonchev–Trinajstić information content (AvgIpc) is 1.36. The lowest BCUT2D eigenvalue weighted by molar-refractivity contribution is 1.32. The van der Waals surface area contributed by atoms with Crippen LogP contribution in [0.5, 0.6) is 0 Å². The molecule has 0 aliphatic rings. The molecule has 0 aromatic carbocycles. The van der Waals surface area contributed by atoms with Crippen LogP contribution in [0.15, 0.2) is 0 Å². The summed E-state index contributed by atoms with van der Waals surface area (Å²) in [5.74, 6) is 0. The first-order chi connectivity index (χ1) is 2.64. The van der Waals surface area contributed by atoms with E-state index in [2.05, 4.69) is 27.2 Å². The van der Waals surface area contributed by atoms with Crippen LogP contribution in [0.3, 0.4) is 0 Å². The molecule has 0 amide bonds. The van der Waals surface area contributed by atoms with Gasteiger partial charge in [-0.3, -0.25) is 13.6 Å². The molecule has 0 N–H and O–H groups in total. The Morgan fingerprint density at radius 1 is 1.17 bits per heavy atom. The van der Waals surface area contributed by atoms with E-state index < -0.39 is 0 Å². The Balaban J connectivity index is 2.99. The van der Waals surface area contributed by atoms with Crippen LogP contribution >= 0.6 is 7.92 Å². The van der Waals surface area contributed by atoms with Crippen molar-refractivity contribution in [1.29, 1.82) is 0 Å². The molecule has 0 aromatic rings. The van der Waals surface area contributed by atoms with Crippen LogP contribution < -0.4 is 0 Å². The van der Waals surface area contributed by atoms with Gasteiger partial charge >= 0.3 is 0 Å². The van der Waals surface area contributed by atoms with E-state index in [4.69, 9.17) is 0 Å². The largest absolute Gasteiger partial charge is 0.294 e. The monoisotopic (exact) mass is 103 g/mol. The second-order valence-corrected chi connectivity index (χ2v) is 4.52. The average molecular weight is 103 g/mol. The first-order valence-corrected chi connectivity index (χ1v) is 4.35. The van der Waals surface area contributed by atoms with Gasteiger partial charge in [0.15, 0.2) is 0 Å². The summed E-state index contributed by atoms with van der Waals surface area (Å²) in [6, 6.07) is 0. The highest BCUT2D eigenvalue weighted by atomic mass is 31.1. The van der Waals surface area contributed by atoms with E-state index in [1.807, 2.05) is 0 Å². The van der Waals surface area contributed by atoms with Crippen LogP contribution in [0.2, 0.25) is 0 Å². The summed E-state index contributed by atoms with van der Waals surface area (Å²) in [6.45, 7) is 8.91. The topological polar surface area (TPSA) is 0 Å². The van der Waals surface area contributed by atoms with Gasteiger partial charge in [-0.25, -0.2) is 0 Å². The van der Waals surface area contributed by atoms with Gasteiger partial charge in [0.1, 0.15) is 0 Å². The summed E-state index contributed by atoms with van der Waals surface area (Å²) < 4.78 is 0. The van der Waals surface area contributed by atoms with E-state index in [0.29, 0.717) is 0 Å². The van der Waals surface area contributed by atoms with Gasteiger partial charge in [0.25, 0.3) is 0 Å². The molecule has 0 saturated heterocycles. The summed E-state index contributed by atoms with van der Waals surface area (Å²) in [4.78, 5) is 0. The van der Waals surface area contributed by atoms with Crippen molar-refractivity contribution in [3.63, 3.8) is 0 Å². The Morgan fingerprint density at radius 2 is 1.33 bits per heavy atom. The molecule has 0 bridgehead atoms. The van der Waals surface area contributed by atoms with E-state index in [-0.39, 0.29) is 7.92 Å². The van der Waals surface area contributed by atoms with Gasteiger partial charge in [-0.05, 0) is 0 Å². The maximum Gasteiger partial charge on any atom is -0.0727 e. The minimum Gasteiger partial charge on any atom is -0.294 e. The highest BCUT2D eigenvalue weighted by Gasteiger charge is 1.77. The molecule has 0 aliphatic heterocycles. The van der Waals surface area contributed by atoms with Crippen molar-refractivity contribution in [2.45, 2.75) is 13.8 Å². The lowest BCUT2D eigenvalue weighted by Crippen LogP contribution is -1.74. The summed E-state index contributed by atoms with van der Waals surface area (Å²) in [6.07, 6.45) is 0. The molecular formula is C5H12P-. The van der Waals surface area contributed by atoms with E-state index in [9.17, 15) is 0 Å². The Morgan fingerprint density at radius 3 is 1.33 bits per heavy atom. The molecule has 0 heterocycles. The van der Waals surface area contributed by atoms with Gasteiger partial charge in [-0.2, -0.15) is 13.8 Å². The molecule has 0 aliphatic carbocycles. The van der Waals surface area contributed by atoms with Crippen molar-refractivity contribution in [3.05, 3.63) is 5.66 Å². The molecule has 0 radical (unpaired) electrons. The second-order valence-electron chi connectivity index (χ2n) is 1.84. The molecule has 0 unspecified atom stereocenters. The van der Waals surface area contributed by atoms with Crippen molar-refractivity contribution in [1.82, 2.24) is 0 Å². The Hall–Kier alpha value is 0.430. The Bertz CT molecular complexity index is 24.9. The maximum atomic E-state index is 2.27. The number of hydrogen-bond donors (Lipinski definition) is 0. The fourth-order valence-electron chi connectivity index (χ4n) is 0. The van der Waals surface area contributed by atoms with Gasteiger partial charge < -0.3 is 0 Å². The Kier molecular flexibility index (Phi) is 2.76. The third-order valence-electron chi connectivity index (χ3n) is 0.894. The highest BCUT2D eigenvalue weighted by molar-refractivity contribution is 7.59. The van der Waals surface area contributed by atoms with Gasteiger partial charge in [0, 0.05) is 0 Å². The van der Waals surface area contributed by atoms with Crippen molar-refractivity contribution >= 4 is 7.92 Å². The van der Waals surface area contributed by atoms with Crippen LogP contribution in [-0.2, 0) is 0 Å². The summed E-state index contributed by atoms with van der Waals surface area (Å²) in [5, 5.41) is 0. The molecule has 0 nitrogen and oxygen atoms in total. The molecule has 1 heteroatoms. The zero-order valence-corrected chi connectivity index (χ0v) is 5.84. The standard InChI is InChI=1S/C5H12P/c1-5(2)6(3)4/h1-4H3/q-1. The SMILES string of the molecule is C[C-](C)P(C)C. The van der Waals surface area contributed by atoms with E-state index >= 15 is 0 Å².